The highest BCUT2D eigenvalue weighted by Gasteiger charge is 2.22. The monoisotopic (exact) mass is 511 g/mol. The Balaban J connectivity index is 1.20. The predicted molar refractivity (Wildman–Crippen MR) is 146 cm³/mol. The maximum atomic E-state index is 12.8. The van der Waals surface area contributed by atoms with Crippen LogP contribution in [0.15, 0.2) is 66.9 Å². The Bertz CT molecular complexity index is 1370. The predicted octanol–water partition coefficient (Wildman–Crippen LogP) is 5.34. The molecule has 1 fully saturated rings. The number of carbonyl (C=O) groups excluding carboxylic acids is 1. The first-order valence-electron chi connectivity index (χ1n) is 13.2. The van der Waals surface area contributed by atoms with Gasteiger partial charge >= 0.3 is 0 Å². The van der Waals surface area contributed by atoms with E-state index in [1.54, 1.807) is 6.20 Å². The summed E-state index contributed by atoms with van der Waals surface area (Å²) in [7, 11) is 0. The van der Waals surface area contributed by atoms with E-state index in [4.69, 9.17) is 4.74 Å². The number of H-pyrrole nitrogens is 1. The number of aliphatic hydroxyl groups excluding tert-OH is 1. The first-order chi connectivity index (χ1) is 18.5. The third kappa shape index (κ3) is 6.63. The molecule has 0 bridgehead atoms. The molecule has 196 valence electrons. The summed E-state index contributed by atoms with van der Waals surface area (Å²) in [6.45, 7) is 2.70. The van der Waals surface area contributed by atoms with E-state index in [0.717, 1.165) is 60.1 Å². The number of amides is 1. The Hall–Kier alpha value is -4.04. The number of ether oxygens (including phenoxy) is 1. The number of nitrogens with zero attached hydrogens (tertiary/aromatic N) is 3. The number of aromatic amines is 1. The summed E-state index contributed by atoms with van der Waals surface area (Å²) >= 11 is 0. The maximum absolute atomic E-state index is 12.8. The second-order valence-electron chi connectivity index (χ2n) is 9.95. The van der Waals surface area contributed by atoms with Crippen LogP contribution < -0.4 is 10.1 Å². The molecule has 5 rings (SSSR count). The number of pyridine rings is 1. The Morgan fingerprint density at radius 3 is 2.82 bits per heavy atom. The first-order valence-corrected chi connectivity index (χ1v) is 13.2. The van der Waals surface area contributed by atoms with Crippen LogP contribution in [0, 0.1) is 12.8 Å². The molecule has 0 spiro atoms. The molecule has 1 amide bonds. The zero-order valence-electron chi connectivity index (χ0n) is 21.6. The number of rotatable bonds is 10. The van der Waals surface area contributed by atoms with Gasteiger partial charge in [-0.3, -0.25) is 9.89 Å². The molecule has 4 aromatic rings. The summed E-state index contributed by atoms with van der Waals surface area (Å²) in [6.07, 6.45) is 7.13. The van der Waals surface area contributed by atoms with Gasteiger partial charge in [-0.15, -0.1) is 5.10 Å². The molecule has 0 radical (unpaired) electrons. The van der Waals surface area contributed by atoms with E-state index in [2.05, 4.69) is 25.5 Å². The van der Waals surface area contributed by atoms with Gasteiger partial charge in [0.05, 0.1) is 12.7 Å². The van der Waals surface area contributed by atoms with Crippen LogP contribution in [0.1, 0.15) is 59.7 Å². The molecule has 2 aromatic carbocycles. The molecular weight excluding hydrogens is 478 g/mol. The van der Waals surface area contributed by atoms with Gasteiger partial charge in [0.15, 0.2) is 0 Å². The Morgan fingerprint density at radius 1 is 1.13 bits per heavy atom. The minimum Gasteiger partial charge on any atom is -0.494 e. The molecule has 2 unspecified atom stereocenters. The van der Waals surface area contributed by atoms with E-state index in [1.165, 1.54) is 0 Å². The van der Waals surface area contributed by atoms with Crippen LogP contribution in [0.3, 0.4) is 0 Å². The summed E-state index contributed by atoms with van der Waals surface area (Å²) in [5.74, 6) is 2.12. The van der Waals surface area contributed by atoms with Gasteiger partial charge in [0.2, 0.25) is 5.82 Å². The number of aliphatic hydroxyl groups is 1. The van der Waals surface area contributed by atoms with Gasteiger partial charge in [-0.25, -0.2) is 9.97 Å². The van der Waals surface area contributed by atoms with E-state index in [9.17, 15) is 9.90 Å². The number of anilines is 1. The zero-order valence-corrected chi connectivity index (χ0v) is 21.6. The second kappa shape index (κ2) is 12.0. The molecule has 2 heterocycles. The number of nitrogens with one attached hydrogen (secondary N) is 2. The van der Waals surface area contributed by atoms with E-state index >= 15 is 0 Å². The highest BCUT2D eigenvalue weighted by atomic mass is 16.5. The fraction of sp³-hybridized carbons (Fsp3) is 0.333. The number of benzene rings is 2. The molecule has 1 aliphatic rings. The lowest BCUT2D eigenvalue weighted by Gasteiger charge is -2.13. The van der Waals surface area contributed by atoms with Crippen LogP contribution in [-0.4, -0.2) is 43.9 Å². The average Bonchev–Trinajstić information content (AvgIpc) is 3.57. The SMILES string of the molecule is Cc1ccc(OCCCC2CCC(O)C2)cc1-c1ccnc(NC(=O)c2n[nH]c(Cc3ccccc3)n2)c1. The zero-order chi connectivity index (χ0) is 26.3. The van der Waals surface area contributed by atoms with E-state index in [0.29, 0.717) is 30.6 Å². The molecule has 2 aromatic heterocycles. The normalized spacial score (nSPS) is 16.9. The highest BCUT2D eigenvalue weighted by Crippen LogP contribution is 2.31. The van der Waals surface area contributed by atoms with Gasteiger partial charge in [0, 0.05) is 12.6 Å². The van der Waals surface area contributed by atoms with Crippen molar-refractivity contribution in [2.24, 2.45) is 5.92 Å². The van der Waals surface area contributed by atoms with Crippen molar-refractivity contribution in [1.82, 2.24) is 20.2 Å². The topological polar surface area (TPSA) is 113 Å². The number of aromatic nitrogens is 4. The van der Waals surface area contributed by atoms with Crippen molar-refractivity contribution in [2.45, 2.75) is 51.6 Å². The molecule has 3 N–H and O–H groups in total. The van der Waals surface area contributed by atoms with Gasteiger partial charge in [-0.1, -0.05) is 36.4 Å². The lowest BCUT2D eigenvalue weighted by Crippen LogP contribution is -2.14. The van der Waals surface area contributed by atoms with Crippen molar-refractivity contribution in [3.8, 4) is 16.9 Å². The van der Waals surface area contributed by atoms with Crippen LogP contribution in [0.25, 0.3) is 11.1 Å². The molecule has 2 atom stereocenters. The van der Waals surface area contributed by atoms with Gasteiger partial charge in [-0.05, 0) is 91.5 Å². The van der Waals surface area contributed by atoms with Crippen molar-refractivity contribution in [1.29, 1.82) is 0 Å². The molecule has 0 saturated heterocycles. The summed E-state index contributed by atoms with van der Waals surface area (Å²) in [6, 6.07) is 19.7. The van der Waals surface area contributed by atoms with Crippen molar-refractivity contribution in [3.05, 3.63) is 89.6 Å². The van der Waals surface area contributed by atoms with E-state index < -0.39 is 5.91 Å². The third-order valence-corrected chi connectivity index (χ3v) is 7.01. The maximum Gasteiger partial charge on any atom is 0.296 e. The lowest BCUT2D eigenvalue weighted by molar-refractivity contribution is 0.101. The Labute approximate surface area is 222 Å². The van der Waals surface area contributed by atoms with Gasteiger partial charge in [0.25, 0.3) is 5.91 Å². The minimum absolute atomic E-state index is 0.0711. The van der Waals surface area contributed by atoms with Gasteiger partial charge < -0.3 is 15.2 Å². The van der Waals surface area contributed by atoms with Crippen LogP contribution in [0.4, 0.5) is 5.82 Å². The van der Waals surface area contributed by atoms with Gasteiger partial charge in [-0.2, -0.15) is 0 Å². The minimum atomic E-state index is -0.422. The van der Waals surface area contributed by atoms with Gasteiger partial charge in [0.1, 0.15) is 17.4 Å². The fourth-order valence-electron chi connectivity index (χ4n) is 4.98. The molecular formula is C30H33N5O3. The number of carbonyl (C=O) groups is 1. The van der Waals surface area contributed by atoms with Crippen molar-refractivity contribution in [3.63, 3.8) is 0 Å². The molecule has 1 saturated carbocycles. The quantitative estimate of drug-likeness (QED) is 0.248. The second-order valence-corrected chi connectivity index (χ2v) is 9.95. The number of hydrogen-bond donors (Lipinski definition) is 3. The van der Waals surface area contributed by atoms with Crippen LogP contribution in [-0.2, 0) is 6.42 Å². The van der Waals surface area contributed by atoms with Crippen LogP contribution in [0.5, 0.6) is 5.75 Å². The lowest BCUT2D eigenvalue weighted by atomic mass is 10.0. The molecule has 1 aliphatic carbocycles. The van der Waals surface area contributed by atoms with Crippen molar-refractivity contribution < 1.29 is 14.6 Å². The average molecular weight is 512 g/mol. The number of hydrogen-bond acceptors (Lipinski definition) is 6. The van der Waals surface area contributed by atoms with E-state index in [-0.39, 0.29) is 11.9 Å². The third-order valence-electron chi connectivity index (χ3n) is 7.01. The van der Waals surface area contributed by atoms with E-state index in [1.807, 2.05) is 67.6 Å². The smallest absolute Gasteiger partial charge is 0.296 e. The van der Waals surface area contributed by atoms with Crippen molar-refractivity contribution in [2.75, 3.05) is 11.9 Å². The standard InChI is InChI=1S/C30H33N5O3/c1-20-9-12-25(38-15-5-8-22-10-11-24(36)16-22)19-26(20)23-13-14-31-27(18-23)33-30(37)29-32-28(34-35-29)17-21-6-3-2-4-7-21/h2-4,6-7,9,12-14,18-19,22,24,36H,5,8,10-11,15-17H2,1H3,(H,31,33,37)(H,32,34,35). The molecule has 8 nitrogen and oxygen atoms in total. The molecule has 0 aliphatic heterocycles. The summed E-state index contributed by atoms with van der Waals surface area (Å²) < 4.78 is 6.04. The molecule has 38 heavy (non-hydrogen) atoms. The fourth-order valence-corrected chi connectivity index (χ4v) is 4.98. The summed E-state index contributed by atoms with van der Waals surface area (Å²) in [5.41, 5.74) is 4.13. The Kier molecular flexibility index (Phi) is 8.09. The molecule has 8 heteroatoms. The van der Waals surface area contributed by atoms with Crippen LogP contribution in [0.2, 0.25) is 0 Å². The largest absolute Gasteiger partial charge is 0.494 e. The van der Waals surface area contributed by atoms with Crippen molar-refractivity contribution >= 4 is 11.7 Å². The Morgan fingerprint density at radius 2 is 2.00 bits per heavy atom. The summed E-state index contributed by atoms with van der Waals surface area (Å²) in [4.78, 5) is 21.4. The summed E-state index contributed by atoms with van der Waals surface area (Å²) in [5, 5.41) is 19.4. The number of aryl methyl sites for hydroxylation is 1. The highest BCUT2D eigenvalue weighted by molar-refractivity contribution is 6.01. The first kappa shape index (κ1) is 25.6. The van der Waals surface area contributed by atoms with Crippen LogP contribution >= 0.6 is 0 Å².